The normalized spacial score (nSPS) is 13.1. The van der Waals surface area contributed by atoms with Gasteiger partial charge in [-0.15, -0.1) is 0 Å². The summed E-state index contributed by atoms with van der Waals surface area (Å²) in [4.78, 5) is 0. The quantitative estimate of drug-likeness (QED) is 0.776. The van der Waals surface area contributed by atoms with E-state index >= 15 is 0 Å². The Morgan fingerprint density at radius 1 is 0.952 bits per heavy atom. The lowest BCUT2D eigenvalue weighted by molar-refractivity contribution is 0.315. The first-order valence-corrected chi connectivity index (χ1v) is 8.47. The summed E-state index contributed by atoms with van der Waals surface area (Å²) < 4.78 is 1.11. The molecule has 0 saturated carbocycles. The van der Waals surface area contributed by atoms with Crippen LogP contribution in [-0.2, 0) is 11.8 Å². The van der Waals surface area contributed by atoms with Crippen molar-refractivity contribution in [3.05, 3.63) is 70.2 Å². The molecule has 0 radical (unpaired) electrons. The average molecular weight is 346 g/mol. The highest BCUT2D eigenvalue weighted by Crippen LogP contribution is 2.35. The number of rotatable bonds is 6. The molecule has 2 rings (SSSR count). The van der Waals surface area contributed by atoms with E-state index in [0.717, 1.165) is 23.7 Å². The van der Waals surface area contributed by atoms with Crippen molar-refractivity contribution in [1.29, 1.82) is 0 Å². The van der Waals surface area contributed by atoms with Crippen LogP contribution < -0.4 is 5.73 Å². The molecule has 2 aromatic rings. The molecule has 2 heteroatoms. The molecule has 0 spiro atoms. The molecule has 21 heavy (non-hydrogen) atoms. The van der Waals surface area contributed by atoms with E-state index in [1.54, 1.807) is 0 Å². The predicted molar refractivity (Wildman–Crippen MR) is 94.5 cm³/mol. The number of benzene rings is 2. The molecule has 0 saturated heterocycles. The summed E-state index contributed by atoms with van der Waals surface area (Å²) in [5, 5.41) is 0. The minimum absolute atomic E-state index is 0.0499. The van der Waals surface area contributed by atoms with Crippen molar-refractivity contribution in [3.8, 4) is 0 Å². The first-order valence-electron chi connectivity index (χ1n) is 7.68. The smallest absolute Gasteiger partial charge is 0.0177 e. The molecule has 0 aliphatic heterocycles. The third-order valence-corrected chi connectivity index (χ3v) is 5.22. The Morgan fingerprint density at radius 3 is 2.05 bits per heavy atom. The van der Waals surface area contributed by atoms with Crippen LogP contribution in [-0.4, -0.2) is 6.04 Å². The fraction of sp³-hybridized carbons (Fsp3) is 0.368. The summed E-state index contributed by atoms with van der Waals surface area (Å²) >= 11 is 3.48. The van der Waals surface area contributed by atoms with Crippen LogP contribution in [0.5, 0.6) is 0 Å². The fourth-order valence-corrected chi connectivity index (χ4v) is 3.50. The van der Waals surface area contributed by atoms with Crippen LogP contribution in [0.15, 0.2) is 59.1 Å². The summed E-state index contributed by atoms with van der Waals surface area (Å²) in [5.74, 6) is 0. The Bertz CT molecular complexity index is 544. The molecule has 0 aliphatic rings. The molecule has 1 nitrogen and oxygen atoms in total. The second kappa shape index (κ2) is 7.24. The monoisotopic (exact) mass is 345 g/mol. The van der Waals surface area contributed by atoms with E-state index in [1.807, 2.05) is 0 Å². The van der Waals surface area contributed by atoms with Gasteiger partial charge in [0.05, 0.1) is 0 Å². The zero-order valence-corrected chi connectivity index (χ0v) is 14.4. The molecule has 0 fully saturated rings. The average Bonchev–Trinajstić information content (AvgIpc) is 2.52. The molecule has 112 valence electrons. The number of nitrogens with two attached hydrogens (primary N) is 1. The van der Waals surface area contributed by atoms with Gasteiger partial charge in [0.2, 0.25) is 0 Å². The summed E-state index contributed by atoms with van der Waals surface area (Å²) in [6, 6.07) is 19.3. The van der Waals surface area contributed by atoms with Gasteiger partial charge < -0.3 is 5.73 Å². The van der Waals surface area contributed by atoms with Gasteiger partial charge in [0.25, 0.3) is 0 Å². The Hall–Kier alpha value is -1.12. The number of halogens is 1. The Labute approximate surface area is 136 Å². The first-order chi connectivity index (χ1) is 10.1. The zero-order valence-electron chi connectivity index (χ0n) is 12.9. The molecule has 0 aromatic heterocycles. The maximum atomic E-state index is 6.66. The summed E-state index contributed by atoms with van der Waals surface area (Å²) in [6.07, 6.45) is 3.03. The van der Waals surface area contributed by atoms with E-state index in [2.05, 4.69) is 84.4 Å². The summed E-state index contributed by atoms with van der Waals surface area (Å²) in [6.45, 7) is 4.50. The standard InChI is InChI=1S/C19H24BrN/c1-3-19(4-2,16-8-6-5-7-9-16)18(21)14-15-10-12-17(20)13-11-15/h5-13,18H,3-4,14,21H2,1-2H3. The molecule has 0 heterocycles. The highest BCUT2D eigenvalue weighted by atomic mass is 79.9. The van der Waals surface area contributed by atoms with Crippen LogP contribution in [0.1, 0.15) is 37.8 Å². The molecule has 0 amide bonds. The zero-order chi connectivity index (χ0) is 15.3. The van der Waals surface area contributed by atoms with Crippen molar-refractivity contribution in [2.24, 2.45) is 5.73 Å². The minimum Gasteiger partial charge on any atom is -0.327 e. The molecule has 0 bridgehead atoms. The van der Waals surface area contributed by atoms with Crippen LogP contribution in [0.25, 0.3) is 0 Å². The van der Waals surface area contributed by atoms with Crippen LogP contribution in [0.3, 0.4) is 0 Å². The van der Waals surface area contributed by atoms with Gasteiger partial charge in [-0.2, -0.15) is 0 Å². The van der Waals surface area contributed by atoms with E-state index in [0.29, 0.717) is 0 Å². The molecule has 2 N–H and O–H groups in total. The number of hydrogen-bond acceptors (Lipinski definition) is 1. The van der Waals surface area contributed by atoms with Gasteiger partial charge in [0, 0.05) is 15.9 Å². The lowest BCUT2D eigenvalue weighted by Crippen LogP contribution is -2.46. The Balaban J connectivity index is 2.27. The van der Waals surface area contributed by atoms with Crippen molar-refractivity contribution in [2.45, 2.75) is 44.6 Å². The Morgan fingerprint density at radius 2 is 1.52 bits per heavy atom. The SMILES string of the molecule is CCC(CC)(c1ccccc1)C(N)Cc1ccc(Br)cc1. The van der Waals surface area contributed by atoms with E-state index in [9.17, 15) is 0 Å². The van der Waals surface area contributed by atoms with E-state index in [4.69, 9.17) is 5.73 Å². The van der Waals surface area contributed by atoms with Crippen LogP contribution in [0.4, 0.5) is 0 Å². The lowest BCUT2D eigenvalue weighted by Gasteiger charge is -2.38. The largest absolute Gasteiger partial charge is 0.327 e. The van der Waals surface area contributed by atoms with Crippen LogP contribution in [0.2, 0.25) is 0 Å². The highest BCUT2D eigenvalue weighted by molar-refractivity contribution is 9.10. The van der Waals surface area contributed by atoms with Crippen molar-refractivity contribution in [2.75, 3.05) is 0 Å². The molecular formula is C19H24BrN. The second-order valence-corrected chi connectivity index (χ2v) is 6.58. The van der Waals surface area contributed by atoms with Crippen LogP contribution in [0, 0.1) is 0 Å². The van der Waals surface area contributed by atoms with E-state index in [-0.39, 0.29) is 11.5 Å². The van der Waals surface area contributed by atoms with Gasteiger partial charge >= 0.3 is 0 Å². The third-order valence-electron chi connectivity index (χ3n) is 4.69. The maximum absolute atomic E-state index is 6.66. The van der Waals surface area contributed by atoms with Crippen molar-refractivity contribution < 1.29 is 0 Å². The molecule has 1 unspecified atom stereocenters. The molecule has 1 atom stereocenters. The van der Waals surface area contributed by atoms with E-state index < -0.39 is 0 Å². The topological polar surface area (TPSA) is 26.0 Å². The van der Waals surface area contributed by atoms with Crippen molar-refractivity contribution in [3.63, 3.8) is 0 Å². The molecule has 0 aliphatic carbocycles. The first kappa shape index (κ1) is 16.3. The van der Waals surface area contributed by atoms with Gasteiger partial charge in [0.1, 0.15) is 0 Å². The highest BCUT2D eigenvalue weighted by Gasteiger charge is 2.34. The third kappa shape index (κ3) is 3.56. The molecule has 2 aromatic carbocycles. The van der Waals surface area contributed by atoms with Gasteiger partial charge in [-0.1, -0.05) is 72.2 Å². The van der Waals surface area contributed by atoms with Gasteiger partial charge in [-0.25, -0.2) is 0 Å². The van der Waals surface area contributed by atoms with Crippen LogP contribution >= 0.6 is 15.9 Å². The second-order valence-electron chi connectivity index (χ2n) is 5.67. The minimum atomic E-state index is 0.0499. The Kier molecular flexibility index (Phi) is 5.60. The van der Waals surface area contributed by atoms with Gasteiger partial charge in [0.15, 0.2) is 0 Å². The summed E-state index contributed by atoms with van der Waals surface area (Å²) in [7, 11) is 0. The number of hydrogen-bond donors (Lipinski definition) is 1. The predicted octanol–water partition coefficient (Wildman–Crippen LogP) is 5.08. The fourth-order valence-electron chi connectivity index (χ4n) is 3.24. The summed E-state index contributed by atoms with van der Waals surface area (Å²) in [5.41, 5.74) is 9.37. The maximum Gasteiger partial charge on any atom is 0.0177 e. The van der Waals surface area contributed by atoms with Crippen molar-refractivity contribution >= 4 is 15.9 Å². The van der Waals surface area contributed by atoms with E-state index in [1.165, 1.54) is 11.1 Å². The lowest BCUT2D eigenvalue weighted by atomic mass is 9.69. The van der Waals surface area contributed by atoms with Crippen molar-refractivity contribution in [1.82, 2.24) is 0 Å². The van der Waals surface area contributed by atoms with Gasteiger partial charge in [-0.05, 0) is 42.5 Å². The van der Waals surface area contributed by atoms with Gasteiger partial charge in [-0.3, -0.25) is 0 Å². The molecular weight excluding hydrogens is 322 g/mol.